The summed E-state index contributed by atoms with van der Waals surface area (Å²) in [6.07, 6.45) is -4.49. The molecule has 1 N–H and O–H groups in total. The number of rotatable bonds is 1. The molecule has 4 nitrogen and oxygen atoms in total. The third-order valence-electron chi connectivity index (χ3n) is 3.15. The average molecular weight is 286 g/mol. The van der Waals surface area contributed by atoms with Crippen molar-refractivity contribution in [1.29, 1.82) is 0 Å². The van der Waals surface area contributed by atoms with Gasteiger partial charge in [0.2, 0.25) is 11.8 Å². The summed E-state index contributed by atoms with van der Waals surface area (Å²) in [5, 5.41) is 2.43. The zero-order valence-corrected chi connectivity index (χ0v) is 10.9. The van der Waals surface area contributed by atoms with Gasteiger partial charge < -0.3 is 10.2 Å². The Morgan fingerprint density at radius 2 is 1.95 bits per heavy atom. The van der Waals surface area contributed by atoms with Crippen LogP contribution in [0.5, 0.6) is 0 Å². The fourth-order valence-corrected chi connectivity index (χ4v) is 2.11. The quantitative estimate of drug-likeness (QED) is 0.856. The number of carbonyl (C=O) groups excluding carboxylic acids is 2. The highest BCUT2D eigenvalue weighted by molar-refractivity contribution is 6.06. The number of piperazine rings is 1. The third kappa shape index (κ3) is 2.61. The summed E-state index contributed by atoms with van der Waals surface area (Å²) in [5.74, 6) is -0.826. The number of amides is 2. The first-order valence-corrected chi connectivity index (χ1v) is 5.98. The molecule has 0 radical (unpaired) electrons. The fraction of sp³-hybridized carbons (Fsp3) is 0.385. The smallest absolute Gasteiger partial charge is 0.343 e. The summed E-state index contributed by atoms with van der Waals surface area (Å²) in [6.45, 7) is 2.56. The topological polar surface area (TPSA) is 49.4 Å². The SMILES string of the molecule is Cc1ccc(N2CC(=O)NC(C)C2=O)cc1C(F)(F)F. The number of carbonyl (C=O) groups is 2. The predicted octanol–water partition coefficient (Wildman–Crippen LogP) is 1.87. The minimum absolute atomic E-state index is 0.0724. The molecule has 1 atom stereocenters. The molecule has 1 fully saturated rings. The highest BCUT2D eigenvalue weighted by Crippen LogP contribution is 2.34. The third-order valence-corrected chi connectivity index (χ3v) is 3.15. The first kappa shape index (κ1) is 14.4. The van der Waals surface area contributed by atoms with Crippen molar-refractivity contribution in [2.45, 2.75) is 26.1 Å². The standard InChI is InChI=1S/C13H13F3N2O2/c1-7-3-4-9(5-10(7)13(14,15)16)18-6-11(19)17-8(2)12(18)20/h3-5,8H,6H2,1-2H3,(H,17,19). The Balaban J connectivity index is 2.43. The fourth-order valence-electron chi connectivity index (χ4n) is 2.11. The largest absolute Gasteiger partial charge is 0.416 e. The maximum absolute atomic E-state index is 12.9. The molecule has 108 valence electrons. The van der Waals surface area contributed by atoms with Gasteiger partial charge in [0.15, 0.2) is 0 Å². The summed E-state index contributed by atoms with van der Waals surface area (Å²) >= 11 is 0. The molecular weight excluding hydrogens is 273 g/mol. The molecule has 1 aliphatic rings. The van der Waals surface area contributed by atoms with Gasteiger partial charge in [-0.2, -0.15) is 13.2 Å². The minimum Gasteiger partial charge on any atom is -0.343 e. The maximum atomic E-state index is 12.9. The van der Waals surface area contributed by atoms with Crippen molar-refractivity contribution < 1.29 is 22.8 Å². The van der Waals surface area contributed by atoms with Crippen LogP contribution in [0.25, 0.3) is 0 Å². The van der Waals surface area contributed by atoms with E-state index in [1.165, 1.54) is 26.0 Å². The lowest BCUT2D eigenvalue weighted by Crippen LogP contribution is -2.57. The van der Waals surface area contributed by atoms with Crippen molar-refractivity contribution in [3.8, 4) is 0 Å². The molecule has 20 heavy (non-hydrogen) atoms. The lowest BCUT2D eigenvalue weighted by Gasteiger charge is -2.31. The van der Waals surface area contributed by atoms with Crippen LogP contribution in [-0.2, 0) is 15.8 Å². The molecule has 1 aliphatic heterocycles. The number of nitrogens with zero attached hydrogens (tertiary/aromatic N) is 1. The number of halogens is 3. The van der Waals surface area contributed by atoms with Gasteiger partial charge in [-0.25, -0.2) is 0 Å². The van der Waals surface area contributed by atoms with E-state index in [1.807, 2.05) is 0 Å². The van der Waals surface area contributed by atoms with E-state index >= 15 is 0 Å². The summed E-state index contributed by atoms with van der Waals surface area (Å²) in [5.41, 5.74) is -0.653. The molecule has 0 spiro atoms. The second-order valence-electron chi connectivity index (χ2n) is 4.71. The van der Waals surface area contributed by atoms with Crippen molar-refractivity contribution in [3.05, 3.63) is 29.3 Å². The van der Waals surface area contributed by atoms with Crippen LogP contribution in [0.15, 0.2) is 18.2 Å². The number of anilines is 1. The van der Waals surface area contributed by atoms with E-state index in [0.717, 1.165) is 11.0 Å². The van der Waals surface area contributed by atoms with E-state index in [2.05, 4.69) is 5.32 Å². The molecule has 1 saturated heterocycles. The number of hydrogen-bond acceptors (Lipinski definition) is 2. The zero-order chi connectivity index (χ0) is 15.1. The predicted molar refractivity (Wildman–Crippen MR) is 66.1 cm³/mol. The van der Waals surface area contributed by atoms with Crippen molar-refractivity contribution in [2.75, 3.05) is 11.4 Å². The lowest BCUT2D eigenvalue weighted by molar-refractivity contribution is -0.138. The Kier molecular flexibility index (Phi) is 3.45. The van der Waals surface area contributed by atoms with Crippen LogP contribution >= 0.6 is 0 Å². The van der Waals surface area contributed by atoms with Gasteiger partial charge in [-0.3, -0.25) is 9.59 Å². The summed E-state index contributed by atoms with van der Waals surface area (Å²) in [7, 11) is 0. The second kappa shape index (κ2) is 4.81. The minimum atomic E-state index is -4.49. The van der Waals surface area contributed by atoms with Gasteiger partial charge in [-0.1, -0.05) is 6.07 Å². The number of aryl methyl sites for hydroxylation is 1. The van der Waals surface area contributed by atoms with Crippen molar-refractivity contribution in [1.82, 2.24) is 5.32 Å². The van der Waals surface area contributed by atoms with Gasteiger partial charge in [-0.05, 0) is 31.5 Å². The van der Waals surface area contributed by atoms with Crippen molar-refractivity contribution in [3.63, 3.8) is 0 Å². The lowest BCUT2D eigenvalue weighted by atomic mass is 10.1. The van der Waals surface area contributed by atoms with Crippen LogP contribution in [0.1, 0.15) is 18.1 Å². The molecule has 2 rings (SSSR count). The van der Waals surface area contributed by atoms with E-state index in [1.54, 1.807) is 0 Å². The Morgan fingerprint density at radius 3 is 2.55 bits per heavy atom. The molecule has 0 bridgehead atoms. The number of nitrogens with one attached hydrogen (secondary N) is 1. The molecule has 1 aromatic carbocycles. The molecule has 0 aromatic heterocycles. The van der Waals surface area contributed by atoms with Gasteiger partial charge in [0.25, 0.3) is 0 Å². The summed E-state index contributed by atoms with van der Waals surface area (Å²) in [4.78, 5) is 24.4. The molecular formula is C13H13F3N2O2. The second-order valence-corrected chi connectivity index (χ2v) is 4.71. The normalized spacial score (nSPS) is 20.1. The molecule has 7 heteroatoms. The highest BCUT2D eigenvalue weighted by Gasteiger charge is 2.35. The van der Waals surface area contributed by atoms with Gasteiger partial charge in [0, 0.05) is 5.69 Å². The Morgan fingerprint density at radius 1 is 1.30 bits per heavy atom. The monoisotopic (exact) mass is 286 g/mol. The van der Waals surface area contributed by atoms with Crippen LogP contribution < -0.4 is 10.2 Å². The number of benzene rings is 1. The van der Waals surface area contributed by atoms with E-state index in [4.69, 9.17) is 0 Å². The van der Waals surface area contributed by atoms with Gasteiger partial charge in [-0.15, -0.1) is 0 Å². The number of alkyl halides is 3. The van der Waals surface area contributed by atoms with Crippen molar-refractivity contribution in [2.24, 2.45) is 0 Å². The van der Waals surface area contributed by atoms with Gasteiger partial charge in [0.1, 0.15) is 12.6 Å². The Bertz CT molecular complexity index is 569. The van der Waals surface area contributed by atoms with E-state index < -0.39 is 29.6 Å². The first-order chi connectivity index (χ1) is 9.20. The average Bonchev–Trinajstić information content (AvgIpc) is 2.33. The molecule has 2 amide bonds. The van der Waals surface area contributed by atoms with Crippen LogP contribution in [-0.4, -0.2) is 24.4 Å². The van der Waals surface area contributed by atoms with Crippen LogP contribution in [0.3, 0.4) is 0 Å². The van der Waals surface area contributed by atoms with E-state index in [0.29, 0.717) is 0 Å². The van der Waals surface area contributed by atoms with Crippen LogP contribution in [0.2, 0.25) is 0 Å². The molecule has 0 saturated carbocycles. The molecule has 1 unspecified atom stereocenters. The highest BCUT2D eigenvalue weighted by atomic mass is 19.4. The number of hydrogen-bond donors (Lipinski definition) is 1. The summed E-state index contributed by atoms with van der Waals surface area (Å²) in [6, 6.07) is 2.86. The summed E-state index contributed by atoms with van der Waals surface area (Å²) < 4.78 is 38.6. The molecule has 1 heterocycles. The van der Waals surface area contributed by atoms with Crippen LogP contribution in [0.4, 0.5) is 18.9 Å². The van der Waals surface area contributed by atoms with Crippen LogP contribution in [0, 0.1) is 6.92 Å². The molecule has 1 aromatic rings. The Labute approximate surface area is 113 Å². The maximum Gasteiger partial charge on any atom is 0.416 e. The van der Waals surface area contributed by atoms with Gasteiger partial charge >= 0.3 is 6.18 Å². The first-order valence-electron chi connectivity index (χ1n) is 5.98. The molecule has 0 aliphatic carbocycles. The Hall–Kier alpha value is -2.05. The van der Waals surface area contributed by atoms with E-state index in [-0.39, 0.29) is 17.8 Å². The van der Waals surface area contributed by atoms with Crippen molar-refractivity contribution >= 4 is 17.5 Å². The van der Waals surface area contributed by atoms with E-state index in [9.17, 15) is 22.8 Å². The van der Waals surface area contributed by atoms with Gasteiger partial charge in [0.05, 0.1) is 5.56 Å². The zero-order valence-electron chi connectivity index (χ0n) is 10.9.